The zero-order valence-corrected chi connectivity index (χ0v) is 16.4. The molecule has 0 spiro atoms. The number of rotatable bonds is 6. The van der Waals surface area contributed by atoms with Gasteiger partial charge in [0.05, 0.1) is 23.1 Å². The maximum absolute atomic E-state index is 13.4. The molecule has 5 rings (SSSR count). The van der Waals surface area contributed by atoms with Crippen molar-refractivity contribution in [1.29, 1.82) is 0 Å². The van der Waals surface area contributed by atoms with Crippen LogP contribution in [0, 0.1) is 5.82 Å². The van der Waals surface area contributed by atoms with Gasteiger partial charge in [0.1, 0.15) is 5.82 Å². The molecule has 4 aromatic rings. The van der Waals surface area contributed by atoms with E-state index >= 15 is 0 Å². The second-order valence-corrected chi connectivity index (χ2v) is 7.47. The van der Waals surface area contributed by atoms with E-state index in [1.807, 2.05) is 18.2 Å². The number of nitrogens with zero attached hydrogens (tertiary/aromatic N) is 4. The van der Waals surface area contributed by atoms with Crippen molar-refractivity contribution in [3.05, 3.63) is 58.6 Å². The van der Waals surface area contributed by atoms with Gasteiger partial charge in [0, 0.05) is 31.6 Å². The number of hydrogen-bond donors (Lipinski definition) is 3. The van der Waals surface area contributed by atoms with Crippen LogP contribution in [0.5, 0.6) is 0 Å². The number of hydrogen-bond acceptors (Lipinski definition) is 6. The third kappa shape index (κ3) is 3.59. The van der Waals surface area contributed by atoms with Crippen LogP contribution in [0.4, 0.5) is 16.2 Å². The summed E-state index contributed by atoms with van der Waals surface area (Å²) in [5.74, 6) is 1.09. The molecule has 0 radical (unpaired) electrons. The van der Waals surface area contributed by atoms with Crippen molar-refractivity contribution in [2.45, 2.75) is 6.42 Å². The summed E-state index contributed by atoms with van der Waals surface area (Å²) in [6.45, 7) is 4.23. The average molecular weight is 407 g/mol. The topological polar surface area (TPSA) is 92.9 Å². The fourth-order valence-electron chi connectivity index (χ4n) is 3.90. The second-order valence-electron chi connectivity index (χ2n) is 7.47. The Balaban J connectivity index is 1.15. The molecule has 3 N–H and O–H groups in total. The molecule has 0 amide bonds. The van der Waals surface area contributed by atoms with Crippen LogP contribution in [0.2, 0.25) is 0 Å². The van der Waals surface area contributed by atoms with Gasteiger partial charge in [0.2, 0.25) is 5.95 Å². The number of anilines is 2. The van der Waals surface area contributed by atoms with Crippen LogP contribution in [-0.4, -0.2) is 57.9 Å². The molecular formula is C21H22FN7O. The predicted molar refractivity (Wildman–Crippen MR) is 115 cm³/mol. The first-order valence-electron chi connectivity index (χ1n) is 10.0. The van der Waals surface area contributed by atoms with Crippen molar-refractivity contribution >= 4 is 33.6 Å². The third-order valence-corrected chi connectivity index (χ3v) is 5.42. The lowest BCUT2D eigenvalue weighted by Crippen LogP contribution is -2.27. The molecule has 1 fully saturated rings. The van der Waals surface area contributed by atoms with Crippen molar-refractivity contribution < 1.29 is 4.39 Å². The number of para-hydroxylation sites is 1. The van der Waals surface area contributed by atoms with E-state index in [4.69, 9.17) is 0 Å². The first kappa shape index (κ1) is 18.6. The molecule has 8 nitrogen and oxygen atoms in total. The number of halogens is 1. The molecule has 0 aliphatic carbocycles. The van der Waals surface area contributed by atoms with Gasteiger partial charge in [0.15, 0.2) is 5.82 Å². The number of H-pyrrole nitrogens is 2. The van der Waals surface area contributed by atoms with Gasteiger partial charge in [0.25, 0.3) is 5.56 Å². The van der Waals surface area contributed by atoms with E-state index in [0.717, 1.165) is 43.9 Å². The molecule has 0 saturated carbocycles. The summed E-state index contributed by atoms with van der Waals surface area (Å²) in [5, 5.41) is 12.0. The van der Waals surface area contributed by atoms with Gasteiger partial charge in [-0.3, -0.25) is 19.8 Å². The molecule has 9 heteroatoms. The molecule has 2 aromatic carbocycles. The summed E-state index contributed by atoms with van der Waals surface area (Å²) in [7, 11) is 0. The Kier molecular flexibility index (Phi) is 4.80. The van der Waals surface area contributed by atoms with Crippen LogP contribution in [0.25, 0.3) is 21.8 Å². The summed E-state index contributed by atoms with van der Waals surface area (Å²) >= 11 is 0. The Morgan fingerprint density at radius 3 is 2.97 bits per heavy atom. The maximum atomic E-state index is 13.4. The molecule has 2 aromatic heterocycles. The maximum Gasteiger partial charge on any atom is 0.260 e. The zero-order chi connectivity index (χ0) is 20.5. The SMILES string of the molecule is O=c1[nH]c(NCCCN2CCN(c3n[nH]c4cc(F)ccc34)C2)nc2ccccc12. The van der Waals surface area contributed by atoms with E-state index in [0.29, 0.717) is 28.9 Å². The molecule has 1 aliphatic heterocycles. The van der Waals surface area contributed by atoms with Crippen molar-refractivity contribution in [3.8, 4) is 0 Å². The highest BCUT2D eigenvalue weighted by Gasteiger charge is 2.23. The van der Waals surface area contributed by atoms with E-state index in [1.54, 1.807) is 12.1 Å². The lowest BCUT2D eigenvalue weighted by Gasteiger charge is -2.18. The van der Waals surface area contributed by atoms with Gasteiger partial charge in [-0.25, -0.2) is 9.37 Å². The van der Waals surface area contributed by atoms with Gasteiger partial charge in [-0.15, -0.1) is 0 Å². The normalized spacial score (nSPS) is 14.8. The van der Waals surface area contributed by atoms with E-state index in [1.165, 1.54) is 12.1 Å². The molecule has 0 unspecified atom stereocenters. The molecule has 1 aliphatic rings. The summed E-state index contributed by atoms with van der Waals surface area (Å²) in [6.07, 6.45) is 0.914. The lowest BCUT2D eigenvalue weighted by molar-refractivity contribution is 0.340. The second kappa shape index (κ2) is 7.75. The Labute approximate surface area is 171 Å². The van der Waals surface area contributed by atoms with Gasteiger partial charge >= 0.3 is 0 Å². The number of aromatic amines is 2. The highest BCUT2D eigenvalue weighted by molar-refractivity contribution is 5.90. The molecule has 0 bridgehead atoms. The summed E-state index contributed by atoms with van der Waals surface area (Å²) in [4.78, 5) is 23.9. The average Bonchev–Trinajstić information content (AvgIpc) is 3.37. The van der Waals surface area contributed by atoms with E-state index in [-0.39, 0.29) is 11.4 Å². The predicted octanol–water partition coefficient (Wildman–Crippen LogP) is 2.52. The fraction of sp³-hybridized carbons (Fsp3) is 0.286. The van der Waals surface area contributed by atoms with Crippen molar-refractivity contribution in [3.63, 3.8) is 0 Å². The van der Waals surface area contributed by atoms with Crippen LogP contribution in [-0.2, 0) is 0 Å². The quantitative estimate of drug-likeness (QED) is 0.426. The van der Waals surface area contributed by atoms with Crippen molar-refractivity contribution in [1.82, 2.24) is 25.1 Å². The number of benzene rings is 2. The highest BCUT2D eigenvalue weighted by Crippen LogP contribution is 2.26. The first-order valence-corrected chi connectivity index (χ1v) is 10.0. The third-order valence-electron chi connectivity index (χ3n) is 5.42. The van der Waals surface area contributed by atoms with Crippen LogP contribution in [0.3, 0.4) is 0 Å². The zero-order valence-electron chi connectivity index (χ0n) is 16.4. The van der Waals surface area contributed by atoms with Gasteiger partial charge in [-0.2, -0.15) is 5.10 Å². The Morgan fingerprint density at radius 2 is 2.03 bits per heavy atom. The lowest BCUT2D eigenvalue weighted by atomic mass is 10.2. The van der Waals surface area contributed by atoms with E-state index in [2.05, 4.69) is 35.3 Å². The minimum Gasteiger partial charge on any atom is -0.356 e. The van der Waals surface area contributed by atoms with Crippen LogP contribution in [0.15, 0.2) is 47.3 Å². The Bertz CT molecular complexity index is 1250. The largest absolute Gasteiger partial charge is 0.356 e. The number of nitrogens with one attached hydrogen (secondary N) is 3. The van der Waals surface area contributed by atoms with E-state index in [9.17, 15) is 9.18 Å². The monoisotopic (exact) mass is 407 g/mol. The van der Waals surface area contributed by atoms with Crippen LogP contribution in [0.1, 0.15) is 6.42 Å². The molecule has 1 saturated heterocycles. The van der Waals surface area contributed by atoms with Gasteiger partial charge in [-0.05, 0) is 36.8 Å². The molecule has 3 heterocycles. The molecular weight excluding hydrogens is 385 g/mol. The summed E-state index contributed by atoms with van der Waals surface area (Å²) < 4.78 is 13.4. The van der Waals surface area contributed by atoms with Gasteiger partial charge in [-0.1, -0.05) is 12.1 Å². The smallest absolute Gasteiger partial charge is 0.260 e. The molecule has 30 heavy (non-hydrogen) atoms. The van der Waals surface area contributed by atoms with E-state index < -0.39 is 0 Å². The van der Waals surface area contributed by atoms with Crippen molar-refractivity contribution in [2.75, 3.05) is 43.1 Å². The summed E-state index contributed by atoms with van der Waals surface area (Å²) in [6, 6.07) is 12.0. The standard InChI is InChI=1S/C21H22FN7O/c22-14-6-7-15-18(12-14)26-27-19(15)29-11-10-28(13-29)9-3-8-23-21-24-17-5-2-1-4-16(17)20(30)25-21/h1-2,4-7,12H,3,8-11,13H2,(H,26,27)(H2,23,24,25,30). The van der Waals surface area contributed by atoms with Crippen LogP contribution < -0.4 is 15.8 Å². The highest BCUT2D eigenvalue weighted by atomic mass is 19.1. The summed E-state index contributed by atoms with van der Waals surface area (Å²) in [5.41, 5.74) is 1.26. The number of fused-ring (bicyclic) bond motifs is 2. The molecule has 154 valence electrons. The number of aromatic nitrogens is 4. The minimum absolute atomic E-state index is 0.135. The minimum atomic E-state index is -0.268. The first-order chi connectivity index (χ1) is 14.7. The molecule has 0 atom stereocenters. The Hall–Kier alpha value is -3.46. The van der Waals surface area contributed by atoms with Gasteiger partial charge < -0.3 is 10.2 Å². The van der Waals surface area contributed by atoms with Crippen LogP contribution >= 0.6 is 0 Å². The Morgan fingerprint density at radius 1 is 1.13 bits per heavy atom. The van der Waals surface area contributed by atoms with Crippen molar-refractivity contribution in [2.24, 2.45) is 0 Å². The fourth-order valence-corrected chi connectivity index (χ4v) is 3.90.